The van der Waals surface area contributed by atoms with Crippen molar-refractivity contribution in [2.75, 3.05) is 23.7 Å². The van der Waals surface area contributed by atoms with Crippen molar-refractivity contribution in [1.29, 1.82) is 0 Å². The van der Waals surface area contributed by atoms with Crippen molar-refractivity contribution in [3.63, 3.8) is 0 Å². The Morgan fingerprint density at radius 1 is 1.10 bits per heavy atom. The number of nitrogens with zero attached hydrogens (tertiary/aromatic N) is 2. The number of rotatable bonds is 5. The molecule has 1 unspecified atom stereocenters. The topological polar surface area (TPSA) is 69.7 Å². The fourth-order valence-corrected chi connectivity index (χ4v) is 5.02. The highest BCUT2D eigenvalue weighted by Crippen LogP contribution is 2.36. The molecule has 0 radical (unpaired) electrons. The summed E-state index contributed by atoms with van der Waals surface area (Å²) >= 11 is 1.70. The van der Waals surface area contributed by atoms with Crippen molar-refractivity contribution in [1.82, 2.24) is 10.2 Å². The summed E-state index contributed by atoms with van der Waals surface area (Å²) < 4.78 is 0. The highest BCUT2D eigenvalue weighted by atomic mass is 32.2. The van der Waals surface area contributed by atoms with Gasteiger partial charge in [-0.15, -0.1) is 11.8 Å². The zero-order chi connectivity index (χ0) is 20.4. The highest BCUT2D eigenvalue weighted by molar-refractivity contribution is 7.99. The fraction of sp³-hybridized carbons (Fsp3) is 0.318. The summed E-state index contributed by atoms with van der Waals surface area (Å²) in [5.41, 5.74) is 0.474. The van der Waals surface area contributed by atoms with Crippen LogP contribution < -0.4 is 10.2 Å². The number of anilines is 1. The maximum Gasteiger partial charge on any atom is 0.325 e. The van der Waals surface area contributed by atoms with Crippen LogP contribution in [0.2, 0.25) is 0 Å². The number of hydrogen-bond acceptors (Lipinski definition) is 4. The van der Waals surface area contributed by atoms with Gasteiger partial charge >= 0.3 is 6.03 Å². The predicted molar refractivity (Wildman–Crippen MR) is 113 cm³/mol. The predicted octanol–water partition coefficient (Wildman–Crippen LogP) is 3.37. The zero-order valence-corrected chi connectivity index (χ0v) is 17.1. The van der Waals surface area contributed by atoms with Gasteiger partial charge in [-0.25, -0.2) is 4.79 Å². The Bertz CT molecular complexity index is 949. The van der Waals surface area contributed by atoms with Gasteiger partial charge in [0.1, 0.15) is 12.1 Å². The van der Waals surface area contributed by atoms with Crippen LogP contribution in [0.15, 0.2) is 59.5 Å². The van der Waals surface area contributed by atoms with Crippen LogP contribution in [0, 0.1) is 0 Å². The van der Waals surface area contributed by atoms with E-state index in [1.54, 1.807) is 16.7 Å². The lowest BCUT2D eigenvalue weighted by molar-refractivity contribution is -0.134. The smallest absolute Gasteiger partial charge is 0.319 e. The van der Waals surface area contributed by atoms with Gasteiger partial charge in [-0.2, -0.15) is 0 Å². The molecule has 6 nitrogen and oxygen atoms in total. The maximum atomic E-state index is 13.4. The van der Waals surface area contributed by atoms with E-state index >= 15 is 0 Å². The van der Waals surface area contributed by atoms with Gasteiger partial charge in [0.25, 0.3) is 5.91 Å². The van der Waals surface area contributed by atoms with Crippen molar-refractivity contribution in [3.05, 3.63) is 60.2 Å². The SMILES string of the molecule is CCCC1(c2ccccc2)NC(=O)N(CC(=O)N2CCSc3ccccc32)C1=O. The van der Waals surface area contributed by atoms with Crippen LogP contribution >= 0.6 is 11.8 Å². The summed E-state index contributed by atoms with van der Waals surface area (Å²) in [6.45, 7) is 2.27. The molecule has 29 heavy (non-hydrogen) atoms. The van der Waals surface area contributed by atoms with Gasteiger partial charge in [0.15, 0.2) is 0 Å². The lowest BCUT2D eigenvalue weighted by Crippen LogP contribution is -2.46. The molecule has 1 fully saturated rings. The minimum Gasteiger partial charge on any atom is -0.319 e. The molecule has 2 aliphatic rings. The Morgan fingerprint density at radius 3 is 2.59 bits per heavy atom. The number of hydrogen-bond donors (Lipinski definition) is 1. The normalized spacial score (nSPS) is 21.1. The number of amides is 4. The first-order chi connectivity index (χ1) is 14.1. The summed E-state index contributed by atoms with van der Waals surface area (Å²) in [5, 5.41) is 2.87. The Hall–Kier alpha value is -2.80. The Labute approximate surface area is 174 Å². The number of thioether (sulfide) groups is 1. The van der Waals surface area contributed by atoms with Crippen molar-refractivity contribution < 1.29 is 14.4 Å². The van der Waals surface area contributed by atoms with Crippen molar-refractivity contribution in [2.24, 2.45) is 0 Å². The minimum absolute atomic E-state index is 0.249. The standard InChI is InChI=1S/C22H23N3O3S/c1-2-12-22(16-8-4-3-5-9-16)20(27)25(21(28)23-22)15-19(26)24-13-14-29-18-11-7-6-10-17(18)24/h3-11H,2,12-15H2,1H3,(H,23,28). The molecule has 2 aliphatic heterocycles. The number of fused-ring (bicyclic) bond motifs is 1. The molecule has 2 heterocycles. The van der Waals surface area contributed by atoms with Crippen molar-refractivity contribution in [2.45, 2.75) is 30.2 Å². The van der Waals surface area contributed by atoms with Gasteiger partial charge in [0, 0.05) is 17.2 Å². The molecule has 150 valence electrons. The van der Waals surface area contributed by atoms with Crippen LogP contribution in [0.3, 0.4) is 0 Å². The van der Waals surface area contributed by atoms with E-state index in [0.29, 0.717) is 13.0 Å². The molecular weight excluding hydrogens is 386 g/mol. The van der Waals surface area contributed by atoms with Gasteiger partial charge in [0.2, 0.25) is 5.91 Å². The van der Waals surface area contributed by atoms with Crippen LogP contribution in [0.1, 0.15) is 25.3 Å². The number of benzene rings is 2. The molecule has 1 atom stereocenters. The minimum atomic E-state index is -1.11. The molecule has 2 aromatic carbocycles. The molecule has 2 aromatic rings. The molecule has 0 aliphatic carbocycles. The number of nitrogens with one attached hydrogen (secondary N) is 1. The van der Waals surface area contributed by atoms with E-state index in [4.69, 9.17) is 0 Å². The Kier molecular flexibility index (Phi) is 5.32. The second kappa shape index (κ2) is 7.91. The summed E-state index contributed by atoms with van der Waals surface area (Å²) in [6.07, 6.45) is 1.20. The molecule has 0 bridgehead atoms. The van der Waals surface area contributed by atoms with Crippen LogP contribution in [0.25, 0.3) is 0 Å². The largest absolute Gasteiger partial charge is 0.325 e. The van der Waals surface area contributed by atoms with Gasteiger partial charge < -0.3 is 10.2 Å². The molecule has 4 rings (SSSR count). The summed E-state index contributed by atoms with van der Waals surface area (Å²) in [6, 6.07) is 16.5. The molecule has 0 spiro atoms. The summed E-state index contributed by atoms with van der Waals surface area (Å²) in [7, 11) is 0. The monoisotopic (exact) mass is 409 g/mol. The number of imide groups is 1. The quantitative estimate of drug-likeness (QED) is 0.769. The lowest BCUT2D eigenvalue weighted by Gasteiger charge is -2.30. The van der Waals surface area contributed by atoms with E-state index < -0.39 is 11.6 Å². The van der Waals surface area contributed by atoms with E-state index in [1.165, 1.54) is 0 Å². The van der Waals surface area contributed by atoms with E-state index in [2.05, 4.69) is 5.32 Å². The summed E-state index contributed by atoms with van der Waals surface area (Å²) in [5.74, 6) is 0.178. The molecular formula is C22H23N3O3S. The Morgan fingerprint density at radius 2 is 1.83 bits per heavy atom. The highest BCUT2D eigenvalue weighted by Gasteiger charge is 2.52. The van der Waals surface area contributed by atoms with E-state index in [9.17, 15) is 14.4 Å². The van der Waals surface area contributed by atoms with Crippen LogP contribution in [0.4, 0.5) is 10.5 Å². The molecule has 1 saturated heterocycles. The third-order valence-electron chi connectivity index (χ3n) is 5.39. The first-order valence-electron chi connectivity index (χ1n) is 9.78. The van der Waals surface area contributed by atoms with Crippen LogP contribution in [-0.2, 0) is 15.1 Å². The van der Waals surface area contributed by atoms with Crippen molar-refractivity contribution in [3.8, 4) is 0 Å². The van der Waals surface area contributed by atoms with Gasteiger partial charge in [-0.05, 0) is 24.1 Å². The van der Waals surface area contributed by atoms with Gasteiger partial charge in [-0.3, -0.25) is 14.5 Å². The molecule has 1 N–H and O–H groups in total. The van der Waals surface area contributed by atoms with E-state index in [1.807, 2.05) is 61.5 Å². The van der Waals surface area contributed by atoms with Gasteiger partial charge in [-0.1, -0.05) is 55.8 Å². The zero-order valence-electron chi connectivity index (χ0n) is 16.3. The number of urea groups is 1. The first-order valence-corrected chi connectivity index (χ1v) is 10.8. The average Bonchev–Trinajstić information content (AvgIpc) is 2.99. The number of carbonyl (C=O) groups is 3. The van der Waals surface area contributed by atoms with Crippen LogP contribution in [-0.4, -0.2) is 41.6 Å². The molecule has 0 aromatic heterocycles. The lowest BCUT2D eigenvalue weighted by atomic mass is 9.85. The van der Waals surface area contributed by atoms with Crippen molar-refractivity contribution >= 4 is 35.3 Å². The molecule has 4 amide bonds. The fourth-order valence-electron chi connectivity index (χ4n) is 4.03. The maximum absolute atomic E-state index is 13.4. The molecule has 7 heteroatoms. The second-order valence-electron chi connectivity index (χ2n) is 7.20. The summed E-state index contributed by atoms with van der Waals surface area (Å²) in [4.78, 5) is 42.9. The van der Waals surface area contributed by atoms with Gasteiger partial charge in [0.05, 0.1) is 5.69 Å². The van der Waals surface area contributed by atoms with Crippen LogP contribution in [0.5, 0.6) is 0 Å². The van der Waals surface area contributed by atoms with E-state index in [0.717, 1.165) is 33.2 Å². The number of carbonyl (C=O) groups excluding carboxylic acids is 3. The molecule has 0 saturated carbocycles. The van der Waals surface area contributed by atoms with E-state index in [-0.39, 0.29) is 18.4 Å². The second-order valence-corrected chi connectivity index (χ2v) is 8.34. The Balaban J connectivity index is 1.59. The third kappa shape index (κ3) is 3.40. The third-order valence-corrected chi connectivity index (χ3v) is 6.43. The first kappa shape index (κ1) is 19.5. The average molecular weight is 410 g/mol. The number of para-hydroxylation sites is 1.